The molecule has 2 N–H and O–H groups in total. The van der Waals surface area contributed by atoms with Crippen molar-refractivity contribution in [1.82, 2.24) is 5.32 Å². The molecule has 8 heteroatoms. The molecular formula is C11H13ClN2O5. The summed E-state index contributed by atoms with van der Waals surface area (Å²) < 4.78 is 4.70. The van der Waals surface area contributed by atoms with Gasteiger partial charge in [-0.3, -0.25) is 14.9 Å². The average Bonchev–Trinajstić information content (AvgIpc) is 2.36. The second-order valence-corrected chi connectivity index (χ2v) is 4.09. The molecule has 0 saturated heterocycles. The quantitative estimate of drug-likeness (QED) is 0.600. The maximum Gasteiger partial charge on any atom is 0.288 e. The molecular weight excluding hydrogens is 276 g/mol. The summed E-state index contributed by atoms with van der Waals surface area (Å²) in [7, 11) is 1.42. The van der Waals surface area contributed by atoms with E-state index in [9.17, 15) is 20.0 Å². The van der Waals surface area contributed by atoms with E-state index in [-0.39, 0.29) is 29.4 Å². The highest BCUT2D eigenvalue weighted by Gasteiger charge is 2.20. The number of nitro benzene ring substituents is 1. The lowest BCUT2D eigenvalue weighted by molar-refractivity contribution is -0.384. The lowest BCUT2D eigenvalue weighted by Gasteiger charge is -2.11. The second kappa shape index (κ2) is 7.03. The third-order valence-electron chi connectivity index (χ3n) is 2.28. The molecule has 1 unspecified atom stereocenters. The number of nitro groups is 1. The van der Waals surface area contributed by atoms with Crippen molar-refractivity contribution in [3.63, 3.8) is 0 Å². The number of hydrogen-bond acceptors (Lipinski definition) is 5. The molecule has 0 spiro atoms. The molecule has 19 heavy (non-hydrogen) atoms. The number of nitrogens with one attached hydrogen (secondary N) is 1. The van der Waals surface area contributed by atoms with Gasteiger partial charge in [0.05, 0.1) is 23.2 Å². The maximum absolute atomic E-state index is 11.8. The third-order valence-corrected chi connectivity index (χ3v) is 2.67. The van der Waals surface area contributed by atoms with Crippen LogP contribution in [0.1, 0.15) is 10.4 Å². The van der Waals surface area contributed by atoms with Crippen molar-refractivity contribution in [1.29, 1.82) is 0 Å². The van der Waals surface area contributed by atoms with Gasteiger partial charge in [0.15, 0.2) is 0 Å². The van der Waals surface area contributed by atoms with Gasteiger partial charge in [0.25, 0.3) is 11.6 Å². The van der Waals surface area contributed by atoms with E-state index in [1.807, 2.05) is 0 Å². The van der Waals surface area contributed by atoms with Crippen LogP contribution in [-0.4, -0.2) is 42.3 Å². The monoisotopic (exact) mass is 288 g/mol. The fourth-order valence-corrected chi connectivity index (χ4v) is 1.67. The molecule has 0 aliphatic carbocycles. The highest BCUT2D eigenvalue weighted by atomic mass is 35.5. The van der Waals surface area contributed by atoms with Gasteiger partial charge < -0.3 is 15.2 Å². The van der Waals surface area contributed by atoms with Crippen LogP contribution in [0.3, 0.4) is 0 Å². The predicted octanol–water partition coefficient (Wildman–Crippen LogP) is 0.985. The van der Waals surface area contributed by atoms with Crippen molar-refractivity contribution in [2.45, 2.75) is 6.10 Å². The van der Waals surface area contributed by atoms with Crippen LogP contribution < -0.4 is 5.32 Å². The highest BCUT2D eigenvalue weighted by Crippen LogP contribution is 2.27. The number of nitrogens with zero attached hydrogens (tertiary/aromatic N) is 1. The molecule has 0 aliphatic heterocycles. The van der Waals surface area contributed by atoms with Crippen LogP contribution in [-0.2, 0) is 4.74 Å². The third kappa shape index (κ3) is 4.16. The minimum Gasteiger partial charge on any atom is -0.389 e. The Morgan fingerprint density at radius 2 is 2.32 bits per heavy atom. The van der Waals surface area contributed by atoms with E-state index >= 15 is 0 Å². The first-order chi connectivity index (χ1) is 8.97. The molecule has 0 bridgehead atoms. The number of hydrogen-bond donors (Lipinski definition) is 2. The lowest BCUT2D eigenvalue weighted by Crippen LogP contribution is -2.34. The standard InChI is InChI=1S/C11H13ClN2O5/c1-19-6-7(15)5-13-11(16)8-3-2-4-9(10(8)12)14(17)18/h2-4,7,15H,5-6H2,1H3,(H,13,16). The minimum absolute atomic E-state index is 0.0134. The van der Waals surface area contributed by atoms with Crippen molar-refractivity contribution in [2.24, 2.45) is 0 Å². The highest BCUT2D eigenvalue weighted by molar-refractivity contribution is 6.35. The summed E-state index contributed by atoms with van der Waals surface area (Å²) in [4.78, 5) is 21.8. The molecule has 0 aliphatic rings. The number of benzene rings is 1. The Labute approximate surface area is 114 Å². The Bertz CT molecular complexity index is 480. The molecule has 0 saturated carbocycles. The Morgan fingerprint density at radius 3 is 2.89 bits per heavy atom. The van der Waals surface area contributed by atoms with Crippen molar-refractivity contribution >= 4 is 23.2 Å². The van der Waals surface area contributed by atoms with E-state index < -0.39 is 16.9 Å². The molecule has 0 radical (unpaired) electrons. The molecule has 0 fully saturated rings. The van der Waals surface area contributed by atoms with E-state index in [1.165, 1.54) is 25.3 Å². The number of carbonyl (C=O) groups excluding carboxylic acids is 1. The van der Waals surface area contributed by atoms with Crippen LogP contribution in [0.25, 0.3) is 0 Å². The van der Waals surface area contributed by atoms with E-state index in [4.69, 9.17) is 16.3 Å². The van der Waals surface area contributed by atoms with Gasteiger partial charge in [0.2, 0.25) is 0 Å². The smallest absolute Gasteiger partial charge is 0.288 e. The van der Waals surface area contributed by atoms with E-state index in [2.05, 4.69) is 5.32 Å². The molecule has 1 rings (SSSR count). The van der Waals surface area contributed by atoms with Gasteiger partial charge in [0, 0.05) is 19.7 Å². The molecule has 0 heterocycles. The predicted molar refractivity (Wildman–Crippen MR) is 68.3 cm³/mol. The first-order valence-electron chi connectivity index (χ1n) is 5.35. The fraction of sp³-hybridized carbons (Fsp3) is 0.364. The van der Waals surface area contributed by atoms with Crippen LogP contribution in [0.15, 0.2) is 18.2 Å². The van der Waals surface area contributed by atoms with E-state index in [0.717, 1.165) is 0 Å². The SMILES string of the molecule is COCC(O)CNC(=O)c1cccc([N+](=O)[O-])c1Cl. The van der Waals surface area contributed by atoms with Gasteiger partial charge in [-0.25, -0.2) is 0 Å². The van der Waals surface area contributed by atoms with Gasteiger partial charge >= 0.3 is 0 Å². The fourth-order valence-electron chi connectivity index (χ4n) is 1.39. The second-order valence-electron chi connectivity index (χ2n) is 3.71. The van der Waals surface area contributed by atoms with Crippen LogP contribution >= 0.6 is 11.6 Å². The molecule has 1 atom stereocenters. The summed E-state index contributed by atoms with van der Waals surface area (Å²) in [5.74, 6) is -0.594. The van der Waals surface area contributed by atoms with E-state index in [1.54, 1.807) is 0 Å². The largest absolute Gasteiger partial charge is 0.389 e. The Hall–Kier alpha value is -1.70. The maximum atomic E-state index is 11.8. The number of amides is 1. The van der Waals surface area contributed by atoms with Gasteiger partial charge in [-0.15, -0.1) is 0 Å². The lowest BCUT2D eigenvalue weighted by atomic mass is 10.2. The average molecular weight is 289 g/mol. The molecule has 1 aromatic rings. The van der Waals surface area contributed by atoms with Gasteiger partial charge in [-0.05, 0) is 6.07 Å². The van der Waals surface area contributed by atoms with Crippen LogP contribution in [0.5, 0.6) is 0 Å². The number of halogens is 1. The number of ether oxygens (including phenoxy) is 1. The first kappa shape index (κ1) is 15.4. The molecule has 1 amide bonds. The van der Waals surface area contributed by atoms with Crippen molar-refractivity contribution < 1.29 is 19.6 Å². The van der Waals surface area contributed by atoms with Gasteiger partial charge in [-0.2, -0.15) is 0 Å². The molecule has 1 aromatic carbocycles. The minimum atomic E-state index is -0.855. The zero-order valence-corrected chi connectivity index (χ0v) is 10.9. The van der Waals surface area contributed by atoms with Crippen molar-refractivity contribution in [2.75, 3.05) is 20.3 Å². The van der Waals surface area contributed by atoms with E-state index in [0.29, 0.717) is 0 Å². The first-order valence-corrected chi connectivity index (χ1v) is 5.73. The zero-order valence-electron chi connectivity index (χ0n) is 10.1. The summed E-state index contributed by atoms with van der Waals surface area (Å²) >= 11 is 5.79. The number of aliphatic hydroxyl groups excluding tert-OH is 1. The number of aliphatic hydroxyl groups is 1. The molecule has 0 aromatic heterocycles. The Kier molecular flexibility index (Phi) is 5.68. The van der Waals surface area contributed by atoms with Crippen molar-refractivity contribution in [3.8, 4) is 0 Å². The summed E-state index contributed by atoms with van der Waals surface area (Å²) in [6, 6.07) is 3.94. The van der Waals surface area contributed by atoms with Crippen LogP contribution in [0, 0.1) is 10.1 Å². The number of rotatable bonds is 6. The molecule has 7 nitrogen and oxygen atoms in total. The summed E-state index contributed by atoms with van der Waals surface area (Å²) in [5.41, 5.74) is -0.354. The van der Waals surface area contributed by atoms with Crippen LogP contribution in [0.2, 0.25) is 5.02 Å². The van der Waals surface area contributed by atoms with Crippen molar-refractivity contribution in [3.05, 3.63) is 38.9 Å². The van der Waals surface area contributed by atoms with Gasteiger partial charge in [-0.1, -0.05) is 17.7 Å². The normalized spacial score (nSPS) is 11.9. The summed E-state index contributed by atoms with van der Waals surface area (Å²) in [5, 5.41) is 22.2. The topological polar surface area (TPSA) is 102 Å². The zero-order chi connectivity index (χ0) is 14.4. The summed E-state index contributed by atoms with van der Waals surface area (Å²) in [6.07, 6.45) is -0.855. The van der Waals surface area contributed by atoms with Crippen LogP contribution in [0.4, 0.5) is 5.69 Å². The Morgan fingerprint density at radius 1 is 1.63 bits per heavy atom. The Balaban J connectivity index is 2.78. The number of carbonyl (C=O) groups is 1. The van der Waals surface area contributed by atoms with Gasteiger partial charge in [0.1, 0.15) is 5.02 Å². The number of methoxy groups -OCH3 is 1. The molecule has 104 valence electrons. The summed E-state index contributed by atoms with van der Waals surface area (Å²) in [6.45, 7) is 0.0364.